The highest BCUT2D eigenvalue weighted by Gasteiger charge is 2.18. The molecule has 96 valence electrons. The summed E-state index contributed by atoms with van der Waals surface area (Å²) in [5, 5.41) is 10.4. The van der Waals surface area contributed by atoms with Crippen LogP contribution in [0.25, 0.3) is 0 Å². The minimum Gasteiger partial charge on any atom is -0.497 e. The first-order chi connectivity index (χ1) is 8.67. The van der Waals surface area contributed by atoms with Crippen molar-refractivity contribution in [2.45, 2.75) is 19.4 Å². The number of aliphatic hydroxyl groups excluding tert-OH is 1. The first kappa shape index (κ1) is 13.2. The maximum atomic E-state index is 10.4. The lowest BCUT2D eigenvalue weighted by molar-refractivity contribution is 0.216. The van der Waals surface area contributed by atoms with Gasteiger partial charge in [0, 0.05) is 16.5 Å². The molecule has 0 amide bonds. The predicted octanol–water partition coefficient (Wildman–Crippen LogP) is 3.69. The highest BCUT2D eigenvalue weighted by molar-refractivity contribution is 9.10. The number of hydrogen-bond donors (Lipinski definition) is 1. The van der Waals surface area contributed by atoms with Crippen molar-refractivity contribution in [3.8, 4) is 5.75 Å². The lowest BCUT2D eigenvalue weighted by Crippen LogP contribution is -2.02. The molecule has 0 fully saturated rings. The van der Waals surface area contributed by atoms with Crippen molar-refractivity contribution in [2.24, 2.45) is 0 Å². The lowest BCUT2D eigenvalue weighted by Gasteiger charge is -2.13. The zero-order chi connectivity index (χ0) is 13.1. The second-order valence-corrected chi connectivity index (χ2v) is 4.80. The minimum absolute atomic E-state index is 0.695. The zero-order valence-corrected chi connectivity index (χ0v) is 11.9. The Hall–Kier alpha value is -1.26. The fourth-order valence-electron chi connectivity index (χ4n) is 1.91. The van der Waals surface area contributed by atoms with Crippen LogP contribution in [0.2, 0.25) is 0 Å². The molecule has 2 rings (SSSR count). The molecule has 0 saturated carbocycles. The van der Waals surface area contributed by atoms with Crippen molar-refractivity contribution in [2.75, 3.05) is 7.11 Å². The van der Waals surface area contributed by atoms with Crippen LogP contribution in [-0.2, 0) is 6.42 Å². The van der Waals surface area contributed by atoms with E-state index in [0.717, 1.165) is 33.5 Å². The SMILES string of the molecule is CCc1occc1C(O)c1ccc(OC)cc1Br. The van der Waals surface area contributed by atoms with Gasteiger partial charge in [-0.3, -0.25) is 0 Å². The van der Waals surface area contributed by atoms with Crippen LogP contribution >= 0.6 is 15.9 Å². The Morgan fingerprint density at radius 3 is 2.72 bits per heavy atom. The number of hydrogen-bond acceptors (Lipinski definition) is 3. The Kier molecular flexibility index (Phi) is 4.09. The third-order valence-corrected chi connectivity index (χ3v) is 3.58. The van der Waals surface area contributed by atoms with Crippen LogP contribution in [0.1, 0.15) is 29.9 Å². The molecule has 0 spiro atoms. The zero-order valence-electron chi connectivity index (χ0n) is 10.3. The van der Waals surface area contributed by atoms with Gasteiger partial charge in [0.05, 0.1) is 13.4 Å². The second-order valence-electron chi connectivity index (χ2n) is 3.94. The van der Waals surface area contributed by atoms with Gasteiger partial charge in [-0.2, -0.15) is 0 Å². The Morgan fingerprint density at radius 2 is 2.11 bits per heavy atom. The summed E-state index contributed by atoms with van der Waals surface area (Å²) in [6.07, 6.45) is 1.67. The summed E-state index contributed by atoms with van der Waals surface area (Å²) >= 11 is 3.45. The van der Waals surface area contributed by atoms with Crippen LogP contribution in [0.3, 0.4) is 0 Å². The number of halogens is 1. The Morgan fingerprint density at radius 1 is 1.33 bits per heavy atom. The third-order valence-electron chi connectivity index (χ3n) is 2.90. The van der Waals surface area contributed by atoms with Crippen LogP contribution in [0.15, 0.2) is 39.4 Å². The quantitative estimate of drug-likeness (QED) is 0.936. The number of ether oxygens (including phenoxy) is 1. The summed E-state index contributed by atoms with van der Waals surface area (Å²) in [6.45, 7) is 2.00. The molecule has 0 aliphatic rings. The van der Waals surface area contributed by atoms with Crippen molar-refractivity contribution in [3.63, 3.8) is 0 Å². The van der Waals surface area contributed by atoms with Crippen molar-refractivity contribution >= 4 is 15.9 Å². The largest absolute Gasteiger partial charge is 0.497 e. The van der Waals surface area contributed by atoms with E-state index in [4.69, 9.17) is 9.15 Å². The van der Waals surface area contributed by atoms with Gasteiger partial charge in [0.25, 0.3) is 0 Å². The number of aliphatic hydroxyl groups is 1. The number of benzene rings is 1. The molecule has 1 N–H and O–H groups in total. The van der Waals surface area contributed by atoms with Gasteiger partial charge in [-0.05, 0) is 23.8 Å². The molecule has 1 aromatic carbocycles. The summed E-state index contributed by atoms with van der Waals surface area (Å²) in [5.74, 6) is 1.56. The molecule has 0 radical (unpaired) electrons. The first-order valence-corrected chi connectivity index (χ1v) is 6.54. The molecular formula is C14H15BrO3. The Labute approximate surface area is 115 Å². The molecular weight excluding hydrogens is 296 g/mol. The number of aryl methyl sites for hydroxylation is 1. The third kappa shape index (κ3) is 2.44. The lowest BCUT2D eigenvalue weighted by atomic mass is 10.0. The van der Waals surface area contributed by atoms with E-state index in [9.17, 15) is 5.11 Å². The van der Waals surface area contributed by atoms with Gasteiger partial charge in [0.1, 0.15) is 17.6 Å². The van der Waals surface area contributed by atoms with Gasteiger partial charge in [0.2, 0.25) is 0 Å². The summed E-state index contributed by atoms with van der Waals surface area (Å²) in [7, 11) is 1.61. The average Bonchev–Trinajstić information content (AvgIpc) is 2.86. The summed E-state index contributed by atoms with van der Waals surface area (Å²) in [6, 6.07) is 7.32. The topological polar surface area (TPSA) is 42.6 Å². The second kappa shape index (κ2) is 5.59. The van der Waals surface area contributed by atoms with Crippen LogP contribution in [0.4, 0.5) is 0 Å². The molecule has 2 aromatic rings. The summed E-state index contributed by atoms with van der Waals surface area (Å²) in [5.41, 5.74) is 1.61. The molecule has 4 heteroatoms. The monoisotopic (exact) mass is 310 g/mol. The molecule has 1 atom stereocenters. The van der Waals surface area contributed by atoms with Crippen LogP contribution < -0.4 is 4.74 Å². The molecule has 3 nitrogen and oxygen atoms in total. The van der Waals surface area contributed by atoms with Gasteiger partial charge in [-0.1, -0.05) is 28.9 Å². The summed E-state index contributed by atoms with van der Waals surface area (Å²) < 4.78 is 11.3. The fourth-order valence-corrected chi connectivity index (χ4v) is 2.48. The maximum absolute atomic E-state index is 10.4. The van der Waals surface area contributed by atoms with E-state index < -0.39 is 6.10 Å². The van der Waals surface area contributed by atoms with Crippen LogP contribution in [0.5, 0.6) is 5.75 Å². The van der Waals surface area contributed by atoms with E-state index in [2.05, 4.69) is 15.9 Å². The highest BCUT2D eigenvalue weighted by Crippen LogP contribution is 2.33. The molecule has 1 heterocycles. The van der Waals surface area contributed by atoms with Crippen molar-refractivity contribution in [1.29, 1.82) is 0 Å². The standard InChI is InChI=1S/C14H15BrO3/c1-3-13-11(6-7-18-13)14(16)10-5-4-9(17-2)8-12(10)15/h4-8,14,16H,3H2,1-2H3. The highest BCUT2D eigenvalue weighted by atomic mass is 79.9. The first-order valence-electron chi connectivity index (χ1n) is 5.75. The molecule has 18 heavy (non-hydrogen) atoms. The molecule has 1 aromatic heterocycles. The van der Waals surface area contributed by atoms with E-state index in [1.807, 2.05) is 25.1 Å². The summed E-state index contributed by atoms with van der Waals surface area (Å²) in [4.78, 5) is 0. The van der Waals surface area contributed by atoms with Gasteiger partial charge in [0.15, 0.2) is 0 Å². The Bertz CT molecular complexity index is 534. The predicted molar refractivity (Wildman–Crippen MR) is 72.8 cm³/mol. The fraction of sp³-hybridized carbons (Fsp3) is 0.286. The van der Waals surface area contributed by atoms with Gasteiger partial charge in [-0.25, -0.2) is 0 Å². The normalized spacial score (nSPS) is 12.4. The molecule has 0 bridgehead atoms. The van der Waals surface area contributed by atoms with Crippen molar-refractivity contribution in [1.82, 2.24) is 0 Å². The molecule has 0 aliphatic carbocycles. The molecule has 0 aliphatic heterocycles. The van der Waals surface area contributed by atoms with E-state index in [1.165, 1.54) is 0 Å². The molecule has 0 saturated heterocycles. The number of rotatable bonds is 4. The molecule has 1 unspecified atom stereocenters. The van der Waals surface area contributed by atoms with E-state index in [1.54, 1.807) is 19.4 Å². The smallest absolute Gasteiger partial charge is 0.120 e. The van der Waals surface area contributed by atoms with Gasteiger partial charge < -0.3 is 14.3 Å². The minimum atomic E-state index is -0.695. The van der Waals surface area contributed by atoms with E-state index >= 15 is 0 Å². The Balaban J connectivity index is 2.37. The van der Waals surface area contributed by atoms with Crippen LogP contribution in [-0.4, -0.2) is 12.2 Å². The van der Waals surface area contributed by atoms with Crippen molar-refractivity contribution < 1.29 is 14.3 Å². The van der Waals surface area contributed by atoms with Gasteiger partial charge >= 0.3 is 0 Å². The van der Waals surface area contributed by atoms with Crippen molar-refractivity contribution in [3.05, 3.63) is 51.9 Å². The van der Waals surface area contributed by atoms with Crippen LogP contribution in [0, 0.1) is 0 Å². The van der Waals surface area contributed by atoms with Gasteiger partial charge in [-0.15, -0.1) is 0 Å². The number of furan rings is 1. The van der Waals surface area contributed by atoms with E-state index in [-0.39, 0.29) is 0 Å². The number of methoxy groups -OCH3 is 1. The maximum Gasteiger partial charge on any atom is 0.120 e. The average molecular weight is 311 g/mol. The van der Waals surface area contributed by atoms with E-state index in [0.29, 0.717) is 0 Å².